The number of halogens is 8. The lowest BCUT2D eigenvalue weighted by molar-refractivity contribution is -0.139. The molecule has 7 rings (SSSR count). The van der Waals surface area contributed by atoms with Crippen molar-refractivity contribution in [2.75, 3.05) is 37.1 Å². The van der Waals surface area contributed by atoms with Crippen LogP contribution in [0.15, 0.2) is 60.7 Å². The molecule has 4 heterocycles. The Balaban J connectivity index is 1.39. The zero-order chi connectivity index (χ0) is 44.2. The smallest absolute Gasteiger partial charge is 0.418 e. The van der Waals surface area contributed by atoms with Crippen molar-refractivity contribution in [1.29, 1.82) is 0 Å². The predicted molar refractivity (Wildman–Crippen MR) is 210 cm³/mol. The minimum absolute atomic E-state index is 0.00454. The number of fused-ring (bicyclic) bond motifs is 3. The molecule has 324 valence electrons. The minimum atomic E-state index is -5.45. The van der Waals surface area contributed by atoms with Gasteiger partial charge in [0.15, 0.2) is 5.82 Å². The number of carbonyl (C=O) groups is 1. The fourth-order valence-corrected chi connectivity index (χ4v) is 8.05. The summed E-state index contributed by atoms with van der Waals surface area (Å²) in [6.45, 7) is 6.11. The van der Waals surface area contributed by atoms with Crippen LogP contribution >= 0.6 is 0 Å². The van der Waals surface area contributed by atoms with Gasteiger partial charge in [-0.2, -0.15) is 40.7 Å². The Bertz CT molecular complexity index is 2380. The second-order valence-electron chi connectivity index (χ2n) is 16.1. The van der Waals surface area contributed by atoms with Gasteiger partial charge in [-0.15, -0.1) is 0 Å². The van der Waals surface area contributed by atoms with E-state index in [2.05, 4.69) is 15.0 Å². The number of aromatic nitrogens is 3. The van der Waals surface area contributed by atoms with Gasteiger partial charge >= 0.3 is 24.5 Å². The number of rotatable bonds is 9. The lowest BCUT2D eigenvalue weighted by Crippen LogP contribution is -2.57. The highest BCUT2D eigenvalue weighted by molar-refractivity contribution is 5.95. The van der Waals surface area contributed by atoms with Crippen molar-refractivity contribution in [2.45, 2.75) is 83.7 Å². The van der Waals surface area contributed by atoms with Crippen LogP contribution < -0.4 is 19.3 Å². The van der Waals surface area contributed by atoms with E-state index in [0.717, 1.165) is 13.0 Å². The van der Waals surface area contributed by atoms with Gasteiger partial charge in [0.1, 0.15) is 34.3 Å². The van der Waals surface area contributed by atoms with Gasteiger partial charge in [0.05, 0.1) is 48.7 Å². The van der Waals surface area contributed by atoms with Crippen molar-refractivity contribution in [3.05, 3.63) is 100 Å². The molecule has 10 nitrogen and oxygen atoms in total. The lowest BCUT2D eigenvalue weighted by Gasteiger charge is -2.42. The Labute approximate surface area is 346 Å². The van der Waals surface area contributed by atoms with Crippen molar-refractivity contribution in [3.63, 3.8) is 0 Å². The first-order valence-corrected chi connectivity index (χ1v) is 19.3. The maximum atomic E-state index is 17.1. The van der Waals surface area contributed by atoms with Crippen molar-refractivity contribution < 1.29 is 54.1 Å². The van der Waals surface area contributed by atoms with Crippen molar-refractivity contribution in [2.24, 2.45) is 0 Å². The number of hydrogen-bond acceptors (Lipinski definition) is 9. The van der Waals surface area contributed by atoms with Crippen LogP contribution in [0.5, 0.6) is 11.5 Å². The lowest BCUT2D eigenvalue weighted by atomic mass is 9.94. The van der Waals surface area contributed by atoms with E-state index >= 15 is 35.1 Å². The molecular formula is C43H42F8N6O4. The van der Waals surface area contributed by atoms with E-state index < -0.39 is 92.7 Å². The fourth-order valence-electron chi connectivity index (χ4n) is 8.05. The predicted octanol–water partition coefficient (Wildman–Crippen LogP) is 10.1. The standard InChI is InChI=1S/C43H42F8N6O4/c1-23-17-32(55(19-24-7-13-28(59-5)14-8-24)20-25-9-15-29(60-6)16-10-25)52-37(34(23)43(49,50)51)33-31(42(46,47)48)18-30-36(35(33)44)53-39(45)54-38(30)56-21-26-11-12-27(22-56)57(26)40(58)61-41(2,3)4/h7-10,13-18,26-27H,11-12,19-22H2,1-6H3/t26-,27+. The van der Waals surface area contributed by atoms with E-state index in [9.17, 15) is 4.79 Å². The molecule has 3 aromatic carbocycles. The molecule has 2 fully saturated rings. The van der Waals surface area contributed by atoms with Gasteiger partial charge in [-0.25, -0.2) is 14.2 Å². The summed E-state index contributed by atoms with van der Waals surface area (Å²) in [7, 11) is 2.95. The van der Waals surface area contributed by atoms with E-state index in [1.54, 1.807) is 69.3 Å². The molecule has 2 aliphatic heterocycles. The van der Waals surface area contributed by atoms with Crippen LogP contribution in [0, 0.1) is 18.8 Å². The Hall–Kier alpha value is -5.94. The second kappa shape index (κ2) is 16.2. The first kappa shape index (κ1) is 43.2. The first-order chi connectivity index (χ1) is 28.6. The summed E-state index contributed by atoms with van der Waals surface area (Å²) in [5.74, 6) is -1.41. The summed E-state index contributed by atoms with van der Waals surface area (Å²) >= 11 is 0. The number of piperazine rings is 1. The molecule has 2 saturated heterocycles. The Kier molecular flexibility index (Phi) is 11.4. The summed E-state index contributed by atoms with van der Waals surface area (Å²) in [6, 6.07) is 14.0. The van der Waals surface area contributed by atoms with Crippen LogP contribution in [0.4, 0.5) is 51.6 Å². The molecule has 0 unspecified atom stereocenters. The number of carbonyl (C=O) groups excluding carboxylic acids is 1. The Morgan fingerprint density at radius 3 is 1.80 bits per heavy atom. The number of hydrogen-bond donors (Lipinski definition) is 0. The molecular weight excluding hydrogens is 816 g/mol. The molecule has 0 saturated carbocycles. The Morgan fingerprint density at radius 2 is 1.33 bits per heavy atom. The topological polar surface area (TPSA) is 93.2 Å². The van der Waals surface area contributed by atoms with Gasteiger partial charge in [-0.05, 0) is 93.6 Å². The molecule has 61 heavy (non-hydrogen) atoms. The second-order valence-corrected chi connectivity index (χ2v) is 16.1. The number of ether oxygens (including phenoxy) is 3. The van der Waals surface area contributed by atoms with Crippen molar-refractivity contribution in [3.8, 4) is 22.8 Å². The molecule has 0 spiro atoms. The van der Waals surface area contributed by atoms with E-state index in [1.807, 2.05) is 0 Å². The molecule has 2 atom stereocenters. The number of nitrogens with zero attached hydrogens (tertiary/aromatic N) is 6. The molecule has 0 radical (unpaired) electrons. The average molecular weight is 859 g/mol. The van der Waals surface area contributed by atoms with E-state index in [0.29, 0.717) is 41.5 Å². The molecule has 0 aliphatic carbocycles. The SMILES string of the molecule is COc1ccc(CN(Cc2ccc(OC)cc2)c2cc(C)c(C(F)(F)F)c(-c3c(C(F)(F)F)cc4c(N5C[C@H]6CC[C@@H](C5)N6C(=O)OC(C)(C)C)nc(F)nc4c3F)n2)cc1. The third kappa shape index (κ3) is 8.93. The summed E-state index contributed by atoms with van der Waals surface area (Å²) < 4.78 is 140. The first-order valence-electron chi connectivity index (χ1n) is 19.3. The number of pyridine rings is 1. The highest BCUT2D eigenvalue weighted by atomic mass is 19.4. The van der Waals surface area contributed by atoms with Gasteiger partial charge in [0, 0.05) is 31.6 Å². The van der Waals surface area contributed by atoms with Crippen LogP contribution in [0.3, 0.4) is 0 Å². The van der Waals surface area contributed by atoms with Crippen LogP contribution in [-0.2, 0) is 30.2 Å². The van der Waals surface area contributed by atoms with E-state index in [4.69, 9.17) is 14.2 Å². The third-order valence-corrected chi connectivity index (χ3v) is 10.7. The highest BCUT2D eigenvalue weighted by Crippen LogP contribution is 2.48. The summed E-state index contributed by atoms with van der Waals surface area (Å²) in [6.07, 6.45) is -11.9. The van der Waals surface area contributed by atoms with Crippen LogP contribution in [0.1, 0.15) is 61.4 Å². The summed E-state index contributed by atoms with van der Waals surface area (Å²) in [5, 5.41) is -0.581. The molecule has 1 amide bonds. The number of alkyl halides is 6. The number of anilines is 2. The van der Waals surface area contributed by atoms with Gasteiger partial charge in [-0.1, -0.05) is 24.3 Å². The van der Waals surface area contributed by atoms with Gasteiger partial charge in [0.2, 0.25) is 0 Å². The molecule has 2 bridgehead atoms. The molecule has 0 N–H and O–H groups in total. The molecule has 2 aliphatic rings. The summed E-state index contributed by atoms with van der Waals surface area (Å²) in [5.41, 5.74) is -7.35. The van der Waals surface area contributed by atoms with Crippen LogP contribution in [-0.4, -0.2) is 70.9 Å². The quantitative estimate of drug-likeness (QED) is 0.106. The Morgan fingerprint density at radius 1 is 0.787 bits per heavy atom. The van der Waals surface area contributed by atoms with Crippen molar-refractivity contribution >= 4 is 28.6 Å². The van der Waals surface area contributed by atoms with Crippen molar-refractivity contribution in [1.82, 2.24) is 19.9 Å². The number of aryl methyl sites for hydroxylation is 1. The molecule has 18 heteroatoms. The number of amides is 1. The van der Waals surface area contributed by atoms with Gasteiger partial charge < -0.3 is 24.0 Å². The van der Waals surface area contributed by atoms with E-state index in [1.165, 1.54) is 28.9 Å². The normalized spacial score (nSPS) is 16.9. The largest absolute Gasteiger partial charge is 0.497 e. The minimum Gasteiger partial charge on any atom is -0.497 e. The van der Waals surface area contributed by atoms with Gasteiger partial charge in [-0.3, -0.25) is 4.90 Å². The maximum Gasteiger partial charge on any atom is 0.418 e. The van der Waals surface area contributed by atoms with Gasteiger partial charge in [0.25, 0.3) is 0 Å². The maximum absolute atomic E-state index is 17.1. The average Bonchev–Trinajstić information content (AvgIpc) is 3.45. The fraction of sp³-hybridized carbons (Fsp3) is 0.395. The summed E-state index contributed by atoms with van der Waals surface area (Å²) in [4.78, 5) is 29.1. The zero-order valence-electron chi connectivity index (χ0n) is 34.0. The molecule has 2 aromatic heterocycles. The highest BCUT2D eigenvalue weighted by Gasteiger charge is 2.47. The third-order valence-electron chi connectivity index (χ3n) is 10.7. The van der Waals surface area contributed by atoms with Crippen LogP contribution in [0.2, 0.25) is 0 Å². The zero-order valence-corrected chi connectivity index (χ0v) is 34.0. The number of methoxy groups -OCH3 is 2. The van der Waals surface area contributed by atoms with Crippen LogP contribution in [0.25, 0.3) is 22.2 Å². The molecule has 5 aromatic rings. The van der Waals surface area contributed by atoms with E-state index in [-0.39, 0.29) is 32.0 Å². The number of benzene rings is 3. The monoisotopic (exact) mass is 858 g/mol.